The summed E-state index contributed by atoms with van der Waals surface area (Å²) >= 11 is 1.76. The van der Waals surface area contributed by atoms with Crippen LogP contribution in [0.4, 0.5) is 5.82 Å². The van der Waals surface area contributed by atoms with E-state index in [0.29, 0.717) is 5.92 Å². The first kappa shape index (κ1) is 12.1. The summed E-state index contributed by atoms with van der Waals surface area (Å²) in [6, 6.07) is 10.2. The second-order valence-corrected chi connectivity index (χ2v) is 6.50. The summed E-state index contributed by atoms with van der Waals surface area (Å²) in [6.45, 7) is 1.88. The Morgan fingerprint density at radius 1 is 1.09 bits per heavy atom. The van der Waals surface area contributed by atoms with Gasteiger partial charge in [0.15, 0.2) is 5.65 Å². The van der Waals surface area contributed by atoms with Crippen LogP contribution < -0.4 is 4.90 Å². The Hall–Kier alpha value is -2.47. The van der Waals surface area contributed by atoms with Gasteiger partial charge in [-0.3, -0.25) is 4.40 Å². The zero-order valence-corrected chi connectivity index (χ0v) is 12.6. The largest absolute Gasteiger partial charge is 0.354 e. The smallest absolute Gasteiger partial charge is 0.160 e. The second kappa shape index (κ2) is 4.51. The Bertz CT molecular complexity index is 967. The number of pyridine rings is 2. The van der Waals surface area contributed by atoms with Crippen LogP contribution in [0.25, 0.3) is 15.7 Å². The summed E-state index contributed by atoms with van der Waals surface area (Å²) < 4.78 is 3.38. The van der Waals surface area contributed by atoms with Crippen LogP contribution in [0.3, 0.4) is 0 Å². The van der Waals surface area contributed by atoms with Crippen molar-refractivity contribution in [2.24, 2.45) is 0 Å². The number of thiophene rings is 1. The molecule has 1 aliphatic rings. The van der Waals surface area contributed by atoms with Crippen molar-refractivity contribution in [2.45, 2.75) is 5.92 Å². The number of rotatable bonds is 2. The number of hydrogen-bond donors (Lipinski definition) is 0. The minimum absolute atomic E-state index is 0.410. The van der Waals surface area contributed by atoms with E-state index in [4.69, 9.17) is 0 Å². The highest BCUT2D eigenvalue weighted by Crippen LogP contribution is 2.35. The number of hydrogen-bond acceptors (Lipinski definition) is 5. The Kier molecular flexibility index (Phi) is 2.48. The van der Waals surface area contributed by atoms with Gasteiger partial charge < -0.3 is 4.90 Å². The molecule has 22 heavy (non-hydrogen) atoms. The molecule has 1 saturated heterocycles. The third-order valence-corrected chi connectivity index (χ3v) is 5.13. The molecule has 4 aromatic heterocycles. The molecule has 0 N–H and O–H groups in total. The van der Waals surface area contributed by atoms with Gasteiger partial charge in [0.2, 0.25) is 0 Å². The Morgan fingerprint density at radius 2 is 2.05 bits per heavy atom. The maximum absolute atomic E-state index is 4.57. The molecule has 6 heteroatoms. The van der Waals surface area contributed by atoms with Gasteiger partial charge in [-0.15, -0.1) is 21.5 Å². The Morgan fingerprint density at radius 3 is 3.00 bits per heavy atom. The highest BCUT2D eigenvalue weighted by molar-refractivity contribution is 7.17. The summed E-state index contributed by atoms with van der Waals surface area (Å²) in [4.78, 5) is 6.89. The molecular weight excluding hydrogens is 294 g/mol. The van der Waals surface area contributed by atoms with E-state index in [-0.39, 0.29) is 0 Å². The van der Waals surface area contributed by atoms with E-state index in [9.17, 15) is 0 Å². The highest BCUT2D eigenvalue weighted by Gasteiger charge is 2.33. The molecule has 0 spiro atoms. The molecular formula is C16H13N5S. The number of anilines is 1. The maximum atomic E-state index is 4.57. The van der Waals surface area contributed by atoms with Gasteiger partial charge in [0.05, 0.1) is 5.92 Å². The molecule has 4 aromatic rings. The van der Waals surface area contributed by atoms with Crippen LogP contribution >= 0.6 is 11.3 Å². The van der Waals surface area contributed by atoms with Crippen molar-refractivity contribution < 1.29 is 0 Å². The second-order valence-electron chi connectivity index (χ2n) is 5.56. The summed E-state index contributed by atoms with van der Waals surface area (Å²) in [5, 5.41) is 12.0. The third kappa shape index (κ3) is 1.67. The lowest BCUT2D eigenvalue weighted by Crippen LogP contribution is -2.46. The van der Waals surface area contributed by atoms with Crippen molar-refractivity contribution in [2.75, 3.05) is 18.0 Å². The molecule has 0 amide bonds. The highest BCUT2D eigenvalue weighted by atomic mass is 32.1. The van der Waals surface area contributed by atoms with Crippen LogP contribution in [0.2, 0.25) is 0 Å². The standard InChI is InChI=1S/C16H13N5S/c1-2-7-21-14(3-1)18-19-15(21)11-9-20(10-11)16-12-5-8-22-13(12)4-6-17-16/h1-8,11H,9-10H2. The maximum Gasteiger partial charge on any atom is 0.160 e. The van der Waals surface area contributed by atoms with E-state index in [1.165, 1.54) is 10.1 Å². The Labute approximate surface area is 130 Å². The minimum Gasteiger partial charge on any atom is -0.354 e. The van der Waals surface area contributed by atoms with E-state index >= 15 is 0 Å². The molecule has 0 aromatic carbocycles. The van der Waals surface area contributed by atoms with Crippen molar-refractivity contribution in [3.8, 4) is 0 Å². The zero-order chi connectivity index (χ0) is 14.5. The van der Waals surface area contributed by atoms with Gasteiger partial charge in [-0.25, -0.2) is 4.98 Å². The summed E-state index contributed by atoms with van der Waals surface area (Å²) in [5.74, 6) is 2.54. The summed E-state index contributed by atoms with van der Waals surface area (Å²) in [7, 11) is 0. The zero-order valence-electron chi connectivity index (χ0n) is 11.8. The molecule has 108 valence electrons. The van der Waals surface area contributed by atoms with Gasteiger partial charge in [0.25, 0.3) is 0 Å². The van der Waals surface area contributed by atoms with Gasteiger partial charge in [0, 0.05) is 35.6 Å². The lowest BCUT2D eigenvalue weighted by Gasteiger charge is -2.39. The molecule has 5 heterocycles. The van der Waals surface area contributed by atoms with Gasteiger partial charge in [-0.2, -0.15) is 0 Å². The SMILES string of the molecule is c1ccn2c(C3CN(c4nccc5sccc45)C3)nnc2c1. The molecule has 0 atom stereocenters. The molecule has 1 aliphatic heterocycles. The van der Waals surface area contributed by atoms with Crippen molar-refractivity contribution in [1.29, 1.82) is 0 Å². The molecule has 1 fully saturated rings. The van der Waals surface area contributed by atoms with Gasteiger partial charge in [0.1, 0.15) is 11.6 Å². The number of aromatic nitrogens is 4. The molecule has 5 nitrogen and oxygen atoms in total. The third-order valence-electron chi connectivity index (χ3n) is 4.25. The fraction of sp³-hybridized carbons (Fsp3) is 0.188. The first-order valence-corrected chi connectivity index (χ1v) is 8.15. The van der Waals surface area contributed by atoms with Gasteiger partial charge in [-0.1, -0.05) is 6.07 Å². The molecule has 0 radical (unpaired) electrons. The van der Waals surface area contributed by atoms with Crippen LogP contribution in [0.5, 0.6) is 0 Å². The lowest BCUT2D eigenvalue weighted by molar-refractivity contribution is 0.494. The first-order valence-electron chi connectivity index (χ1n) is 7.27. The summed E-state index contributed by atoms with van der Waals surface area (Å²) in [5.41, 5.74) is 0.911. The predicted molar refractivity (Wildman–Crippen MR) is 87.6 cm³/mol. The number of fused-ring (bicyclic) bond motifs is 2. The average molecular weight is 307 g/mol. The topological polar surface area (TPSA) is 46.3 Å². The monoisotopic (exact) mass is 307 g/mol. The van der Waals surface area contributed by atoms with Crippen molar-refractivity contribution in [1.82, 2.24) is 19.6 Å². The van der Waals surface area contributed by atoms with E-state index in [2.05, 4.69) is 42.0 Å². The lowest BCUT2D eigenvalue weighted by atomic mass is 9.99. The van der Waals surface area contributed by atoms with Crippen molar-refractivity contribution >= 4 is 32.9 Å². The van der Waals surface area contributed by atoms with Crippen LogP contribution in [0.1, 0.15) is 11.7 Å². The molecule has 0 saturated carbocycles. The van der Waals surface area contributed by atoms with Gasteiger partial charge in [-0.05, 0) is 29.6 Å². The molecule has 0 unspecified atom stereocenters. The van der Waals surface area contributed by atoms with Crippen molar-refractivity contribution in [3.63, 3.8) is 0 Å². The van der Waals surface area contributed by atoms with Gasteiger partial charge >= 0.3 is 0 Å². The first-order chi connectivity index (χ1) is 10.9. The summed E-state index contributed by atoms with van der Waals surface area (Å²) in [6.07, 6.45) is 3.93. The van der Waals surface area contributed by atoms with Crippen LogP contribution in [0, 0.1) is 0 Å². The van der Waals surface area contributed by atoms with E-state index in [1.54, 1.807) is 11.3 Å². The molecule has 5 rings (SSSR count). The molecule has 0 aliphatic carbocycles. The van der Waals surface area contributed by atoms with E-state index in [1.807, 2.05) is 30.6 Å². The number of nitrogens with zero attached hydrogens (tertiary/aromatic N) is 5. The Balaban J connectivity index is 1.46. The van der Waals surface area contributed by atoms with Crippen LogP contribution in [-0.4, -0.2) is 32.7 Å². The van der Waals surface area contributed by atoms with E-state index in [0.717, 1.165) is 30.4 Å². The average Bonchev–Trinajstić information content (AvgIpc) is 3.13. The fourth-order valence-electron chi connectivity index (χ4n) is 3.08. The van der Waals surface area contributed by atoms with Crippen LogP contribution in [-0.2, 0) is 0 Å². The fourth-order valence-corrected chi connectivity index (χ4v) is 3.86. The van der Waals surface area contributed by atoms with Crippen LogP contribution in [0.15, 0.2) is 48.1 Å². The molecule has 0 bridgehead atoms. The van der Waals surface area contributed by atoms with E-state index < -0.39 is 0 Å². The predicted octanol–water partition coefficient (Wildman–Crippen LogP) is 2.94. The minimum atomic E-state index is 0.410. The quantitative estimate of drug-likeness (QED) is 0.571. The normalized spacial score (nSPS) is 15.5. The van der Waals surface area contributed by atoms with Crippen molar-refractivity contribution in [3.05, 3.63) is 53.9 Å².